The molecule has 1 N–H and O–H groups in total. The molecule has 0 saturated heterocycles. The molecule has 0 fully saturated rings. The molecule has 17 heavy (non-hydrogen) atoms. The van der Waals surface area contributed by atoms with Gasteiger partial charge < -0.3 is 9.73 Å². The second kappa shape index (κ2) is 4.67. The lowest BCUT2D eigenvalue weighted by molar-refractivity contribution is 0.504. The van der Waals surface area contributed by atoms with Crippen LogP contribution < -0.4 is 5.32 Å². The summed E-state index contributed by atoms with van der Waals surface area (Å²) in [6.07, 6.45) is 1.61. The van der Waals surface area contributed by atoms with E-state index >= 15 is 0 Å². The Morgan fingerprint density at radius 2 is 1.88 bits per heavy atom. The van der Waals surface area contributed by atoms with Crippen molar-refractivity contribution in [2.24, 2.45) is 0 Å². The van der Waals surface area contributed by atoms with Crippen molar-refractivity contribution >= 4 is 0 Å². The van der Waals surface area contributed by atoms with Crippen molar-refractivity contribution in [3.63, 3.8) is 0 Å². The van der Waals surface area contributed by atoms with E-state index in [0.29, 0.717) is 5.56 Å². The topological polar surface area (TPSA) is 25.2 Å². The van der Waals surface area contributed by atoms with Crippen LogP contribution in [0.15, 0.2) is 34.9 Å². The summed E-state index contributed by atoms with van der Waals surface area (Å²) in [6.45, 7) is 1.83. The molecule has 1 aromatic heterocycles. The van der Waals surface area contributed by atoms with E-state index in [-0.39, 0.29) is 6.04 Å². The van der Waals surface area contributed by atoms with Gasteiger partial charge >= 0.3 is 0 Å². The van der Waals surface area contributed by atoms with Crippen LogP contribution in [0.1, 0.15) is 22.9 Å². The summed E-state index contributed by atoms with van der Waals surface area (Å²) >= 11 is 0. The number of benzene rings is 1. The molecule has 1 unspecified atom stereocenters. The Morgan fingerprint density at radius 3 is 2.41 bits per heavy atom. The molecule has 4 heteroatoms. The summed E-state index contributed by atoms with van der Waals surface area (Å²) in [4.78, 5) is 0. The van der Waals surface area contributed by atoms with Gasteiger partial charge in [0.05, 0.1) is 12.3 Å². The summed E-state index contributed by atoms with van der Waals surface area (Å²) in [5.41, 5.74) is 1.54. The number of aryl methyl sites for hydroxylation is 1. The summed E-state index contributed by atoms with van der Waals surface area (Å²) in [5.74, 6) is -0.905. The Bertz CT molecular complexity index is 522. The summed E-state index contributed by atoms with van der Waals surface area (Å²) in [6, 6.07) is 5.54. The zero-order valence-electron chi connectivity index (χ0n) is 9.63. The zero-order valence-corrected chi connectivity index (χ0v) is 9.63. The molecule has 0 saturated carbocycles. The van der Waals surface area contributed by atoms with E-state index in [9.17, 15) is 8.78 Å². The predicted octanol–water partition coefficient (Wildman–Crippen LogP) is 3.18. The van der Waals surface area contributed by atoms with Gasteiger partial charge in [0.15, 0.2) is 11.6 Å². The first kappa shape index (κ1) is 11.8. The van der Waals surface area contributed by atoms with Gasteiger partial charge in [0.1, 0.15) is 5.76 Å². The van der Waals surface area contributed by atoms with E-state index in [4.69, 9.17) is 4.42 Å². The smallest absolute Gasteiger partial charge is 0.159 e. The number of hydrogen-bond donors (Lipinski definition) is 1. The Hall–Kier alpha value is -1.68. The highest BCUT2D eigenvalue weighted by atomic mass is 19.2. The van der Waals surface area contributed by atoms with E-state index in [1.807, 2.05) is 13.0 Å². The fourth-order valence-electron chi connectivity index (χ4n) is 1.83. The molecule has 0 aliphatic carbocycles. The van der Waals surface area contributed by atoms with Gasteiger partial charge in [0.2, 0.25) is 0 Å². The van der Waals surface area contributed by atoms with Crippen LogP contribution in [0.3, 0.4) is 0 Å². The Labute approximate surface area is 98.3 Å². The average molecular weight is 237 g/mol. The van der Waals surface area contributed by atoms with Crippen LogP contribution >= 0.6 is 0 Å². The third-order valence-electron chi connectivity index (χ3n) is 2.65. The second-order valence-electron chi connectivity index (χ2n) is 3.89. The van der Waals surface area contributed by atoms with Gasteiger partial charge in [-0.2, -0.15) is 0 Å². The van der Waals surface area contributed by atoms with Crippen molar-refractivity contribution in [2.45, 2.75) is 13.0 Å². The fraction of sp³-hybridized carbons (Fsp3) is 0.231. The van der Waals surface area contributed by atoms with E-state index in [0.717, 1.165) is 17.4 Å². The second-order valence-corrected chi connectivity index (χ2v) is 3.89. The average Bonchev–Trinajstić information content (AvgIpc) is 2.71. The summed E-state index contributed by atoms with van der Waals surface area (Å²) in [7, 11) is 1.76. The molecule has 1 atom stereocenters. The zero-order chi connectivity index (χ0) is 12.4. The molecular weight excluding hydrogens is 224 g/mol. The highest BCUT2D eigenvalue weighted by molar-refractivity contribution is 5.31. The Morgan fingerprint density at radius 1 is 1.12 bits per heavy atom. The molecule has 0 aliphatic rings. The standard InChI is InChI=1S/C13H13F2NO/c1-8-5-10(7-17-8)13(16-2)9-3-4-11(14)12(15)6-9/h3-7,13,16H,1-2H3. The third kappa shape index (κ3) is 2.36. The van der Waals surface area contributed by atoms with Crippen molar-refractivity contribution in [1.29, 1.82) is 0 Å². The van der Waals surface area contributed by atoms with Gasteiger partial charge in [0, 0.05) is 5.56 Å². The summed E-state index contributed by atoms with van der Waals surface area (Å²) < 4.78 is 31.2. The lowest BCUT2D eigenvalue weighted by atomic mass is 10.0. The number of furan rings is 1. The van der Waals surface area contributed by atoms with E-state index in [1.54, 1.807) is 19.4 Å². The van der Waals surface area contributed by atoms with E-state index in [1.165, 1.54) is 6.07 Å². The molecule has 1 heterocycles. The highest BCUT2D eigenvalue weighted by Crippen LogP contribution is 2.24. The van der Waals surface area contributed by atoms with Gasteiger partial charge in [-0.1, -0.05) is 6.07 Å². The molecular formula is C13H13F2NO. The van der Waals surface area contributed by atoms with Crippen LogP contribution in [0.5, 0.6) is 0 Å². The largest absolute Gasteiger partial charge is 0.469 e. The highest BCUT2D eigenvalue weighted by Gasteiger charge is 2.15. The van der Waals surface area contributed by atoms with Crippen LogP contribution in [0.4, 0.5) is 8.78 Å². The SMILES string of the molecule is CNC(c1coc(C)c1)c1ccc(F)c(F)c1. The van der Waals surface area contributed by atoms with E-state index in [2.05, 4.69) is 5.32 Å². The lowest BCUT2D eigenvalue weighted by Gasteiger charge is -2.14. The Balaban J connectivity index is 2.38. The molecule has 0 aliphatic heterocycles. The van der Waals surface area contributed by atoms with Crippen LogP contribution in [0.25, 0.3) is 0 Å². The molecule has 90 valence electrons. The van der Waals surface area contributed by atoms with Crippen molar-refractivity contribution in [1.82, 2.24) is 5.32 Å². The number of rotatable bonds is 3. The van der Waals surface area contributed by atoms with Gasteiger partial charge in [-0.3, -0.25) is 0 Å². The lowest BCUT2D eigenvalue weighted by Crippen LogP contribution is -2.17. The molecule has 0 radical (unpaired) electrons. The first-order valence-corrected chi connectivity index (χ1v) is 5.29. The molecule has 2 aromatic rings. The normalized spacial score (nSPS) is 12.7. The maximum absolute atomic E-state index is 13.2. The quantitative estimate of drug-likeness (QED) is 0.887. The molecule has 1 aromatic carbocycles. The molecule has 0 spiro atoms. The third-order valence-corrected chi connectivity index (χ3v) is 2.65. The van der Waals surface area contributed by atoms with Crippen LogP contribution in [0.2, 0.25) is 0 Å². The summed E-state index contributed by atoms with van der Waals surface area (Å²) in [5, 5.41) is 3.05. The number of nitrogens with one attached hydrogen (secondary N) is 1. The minimum absolute atomic E-state index is 0.206. The maximum atomic E-state index is 13.2. The van der Waals surface area contributed by atoms with Crippen molar-refractivity contribution < 1.29 is 13.2 Å². The monoisotopic (exact) mass is 237 g/mol. The maximum Gasteiger partial charge on any atom is 0.159 e. The minimum atomic E-state index is -0.844. The fourth-order valence-corrected chi connectivity index (χ4v) is 1.83. The number of halogens is 2. The molecule has 2 rings (SSSR count). The predicted molar refractivity (Wildman–Crippen MR) is 60.7 cm³/mol. The van der Waals surface area contributed by atoms with Crippen molar-refractivity contribution in [3.05, 3.63) is 59.1 Å². The van der Waals surface area contributed by atoms with Gasteiger partial charge in [0.25, 0.3) is 0 Å². The number of hydrogen-bond acceptors (Lipinski definition) is 2. The molecule has 0 bridgehead atoms. The molecule has 2 nitrogen and oxygen atoms in total. The van der Waals surface area contributed by atoms with E-state index < -0.39 is 11.6 Å². The van der Waals surface area contributed by atoms with Gasteiger partial charge in [-0.05, 0) is 37.7 Å². The van der Waals surface area contributed by atoms with Crippen LogP contribution in [0, 0.1) is 18.6 Å². The van der Waals surface area contributed by atoms with Crippen LogP contribution in [-0.2, 0) is 0 Å². The van der Waals surface area contributed by atoms with Crippen molar-refractivity contribution in [2.75, 3.05) is 7.05 Å². The first-order valence-electron chi connectivity index (χ1n) is 5.29. The Kier molecular flexibility index (Phi) is 3.24. The first-order chi connectivity index (χ1) is 8.11. The van der Waals surface area contributed by atoms with Crippen LogP contribution in [-0.4, -0.2) is 7.05 Å². The van der Waals surface area contributed by atoms with Crippen molar-refractivity contribution in [3.8, 4) is 0 Å². The minimum Gasteiger partial charge on any atom is -0.469 e. The van der Waals surface area contributed by atoms with Gasteiger partial charge in [-0.15, -0.1) is 0 Å². The molecule has 0 amide bonds. The van der Waals surface area contributed by atoms with Gasteiger partial charge in [-0.25, -0.2) is 8.78 Å².